The molecule has 0 unspecified atom stereocenters. The zero-order chi connectivity index (χ0) is 25.2. The number of carbonyl (C=O) groups is 3. The van der Waals surface area contributed by atoms with Gasteiger partial charge in [0.15, 0.2) is 0 Å². The second-order valence-electron chi connectivity index (χ2n) is 8.75. The minimum atomic E-state index is -0.962. The summed E-state index contributed by atoms with van der Waals surface area (Å²) in [5, 5.41) is 14.7. The van der Waals surface area contributed by atoms with Gasteiger partial charge in [-0.2, -0.15) is 11.8 Å². The first-order valence-electron chi connectivity index (χ1n) is 12.1. The van der Waals surface area contributed by atoms with Crippen LogP contribution >= 0.6 is 11.8 Å². The molecule has 0 heterocycles. The Morgan fingerprint density at radius 3 is 2.20 bits per heavy atom. The number of carboxylic acid groups (broad SMARTS) is 1. The smallest absolute Gasteiger partial charge is 0.407 e. The summed E-state index contributed by atoms with van der Waals surface area (Å²) in [7, 11) is 0. The average Bonchev–Trinajstić information content (AvgIpc) is 3.17. The molecule has 0 saturated carbocycles. The van der Waals surface area contributed by atoms with Gasteiger partial charge in [0.1, 0.15) is 12.6 Å². The predicted octanol–water partition coefficient (Wildman–Crippen LogP) is 4.80. The van der Waals surface area contributed by atoms with E-state index in [1.54, 1.807) is 11.8 Å². The van der Waals surface area contributed by atoms with Gasteiger partial charge in [0.2, 0.25) is 5.91 Å². The minimum Gasteiger partial charge on any atom is -0.481 e. The van der Waals surface area contributed by atoms with Gasteiger partial charge in [-0.15, -0.1) is 0 Å². The molecule has 0 aromatic heterocycles. The Morgan fingerprint density at radius 2 is 1.63 bits per heavy atom. The van der Waals surface area contributed by atoms with Crippen LogP contribution in [0.5, 0.6) is 0 Å². The van der Waals surface area contributed by atoms with Crippen molar-refractivity contribution in [2.75, 3.05) is 18.6 Å². The standard InChI is InChI=1S/C27H34N2O5S/c1-3-4-9-18(16-25(30)31)28-26(32)24(14-15-35-2)29-27(33)34-17-23-21-12-7-5-10-19(21)20-11-6-8-13-22(20)23/h5-8,10-13,18,23-24H,3-4,9,14-17H2,1-2H3,(H,28,32)(H,29,33)(H,30,31)/t18-,24-/m0/s1. The third-order valence-corrected chi connectivity index (χ3v) is 6.88. The van der Waals surface area contributed by atoms with E-state index in [1.165, 1.54) is 0 Å². The number of amides is 2. The first kappa shape index (κ1) is 26.6. The van der Waals surface area contributed by atoms with Crippen LogP contribution in [0, 0.1) is 0 Å². The molecular formula is C27H34N2O5S. The molecule has 0 spiro atoms. The van der Waals surface area contributed by atoms with Gasteiger partial charge < -0.3 is 20.5 Å². The lowest BCUT2D eigenvalue weighted by molar-refractivity contribution is -0.137. The van der Waals surface area contributed by atoms with Crippen LogP contribution in [0.1, 0.15) is 56.1 Å². The first-order valence-corrected chi connectivity index (χ1v) is 13.5. The predicted molar refractivity (Wildman–Crippen MR) is 139 cm³/mol. The molecule has 2 amide bonds. The third kappa shape index (κ3) is 7.24. The Bertz CT molecular complexity index is 983. The van der Waals surface area contributed by atoms with E-state index in [9.17, 15) is 19.5 Å². The molecule has 35 heavy (non-hydrogen) atoms. The zero-order valence-electron chi connectivity index (χ0n) is 20.3. The summed E-state index contributed by atoms with van der Waals surface area (Å²) in [6.07, 6.45) is 3.84. The molecular weight excluding hydrogens is 464 g/mol. The maximum atomic E-state index is 12.9. The quantitative estimate of drug-likeness (QED) is 0.367. The van der Waals surface area contributed by atoms with Gasteiger partial charge in [-0.05, 0) is 47.1 Å². The van der Waals surface area contributed by atoms with Gasteiger partial charge in [-0.3, -0.25) is 9.59 Å². The number of thioether (sulfide) groups is 1. The number of rotatable bonds is 13. The lowest BCUT2D eigenvalue weighted by Gasteiger charge is -2.23. The SMILES string of the molecule is CCCC[C@@H](CC(=O)O)NC(=O)[C@H](CCSC)NC(=O)OCC1c2ccccc2-c2ccccc21. The van der Waals surface area contributed by atoms with Crippen LogP contribution in [0.15, 0.2) is 48.5 Å². The van der Waals surface area contributed by atoms with Crippen molar-refractivity contribution in [2.45, 2.75) is 57.0 Å². The third-order valence-electron chi connectivity index (χ3n) is 6.24. The second-order valence-corrected chi connectivity index (χ2v) is 9.74. The Hall–Kier alpha value is -3.00. The van der Waals surface area contributed by atoms with E-state index >= 15 is 0 Å². The summed E-state index contributed by atoms with van der Waals surface area (Å²) in [4.78, 5) is 36.9. The van der Waals surface area contributed by atoms with E-state index < -0.39 is 24.1 Å². The number of hydrogen-bond donors (Lipinski definition) is 3. The van der Waals surface area contributed by atoms with Crippen molar-refractivity contribution in [2.24, 2.45) is 0 Å². The van der Waals surface area contributed by atoms with E-state index in [0.717, 1.165) is 35.1 Å². The van der Waals surface area contributed by atoms with Crippen molar-refractivity contribution in [1.82, 2.24) is 10.6 Å². The number of benzene rings is 2. The van der Waals surface area contributed by atoms with Gasteiger partial charge in [-0.1, -0.05) is 68.3 Å². The fraction of sp³-hybridized carbons (Fsp3) is 0.444. The van der Waals surface area contributed by atoms with Crippen molar-refractivity contribution >= 4 is 29.7 Å². The maximum Gasteiger partial charge on any atom is 0.407 e. The number of hydrogen-bond acceptors (Lipinski definition) is 5. The molecule has 0 aliphatic heterocycles. The van der Waals surface area contributed by atoms with Crippen LogP contribution < -0.4 is 10.6 Å². The van der Waals surface area contributed by atoms with E-state index in [0.29, 0.717) is 18.6 Å². The van der Waals surface area contributed by atoms with Gasteiger partial charge in [0.25, 0.3) is 0 Å². The molecule has 8 heteroatoms. The van der Waals surface area contributed by atoms with Gasteiger partial charge in [0, 0.05) is 12.0 Å². The molecule has 0 saturated heterocycles. The molecule has 3 rings (SSSR count). The average molecular weight is 499 g/mol. The Kier molecular flexibility index (Phi) is 10.0. The fourth-order valence-electron chi connectivity index (χ4n) is 4.48. The monoisotopic (exact) mass is 498 g/mol. The van der Waals surface area contributed by atoms with Crippen molar-refractivity contribution in [1.29, 1.82) is 0 Å². The molecule has 0 fully saturated rings. The van der Waals surface area contributed by atoms with Gasteiger partial charge in [0.05, 0.1) is 6.42 Å². The van der Waals surface area contributed by atoms with Gasteiger partial charge in [-0.25, -0.2) is 4.79 Å². The summed E-state index contributed by atoms with van der Waals surface area (Å²) >= 11 is 1.57. The largest absolute Gasteiger partial charge is 0.481 e. The van der Waals surface area contributed by atoms with E-state index in [-0.39, 0.29) is 24.9 Å². The number of alkyl carbamates (subject to hydrolysis) is 1. The highest BCUT2D eigenvalue weighted by Crippen LogP contribution is 2.44. The zero-order valence-corrected chi connectivity index (χ0v) is 21.1. The van der Waals surface area contributed by atoms with Crippen LogP contribution in [0.2, 0.25) is 0 Å². The van der Waals surface area contributed by atoms with Crippen molar-refractivity contribution in [3.63, 3.8) is 0 Å². The number of fused-ring (bicyclic) bond motifs is 3. The normalized spacial score (nSPS) is 13.9. The molecule has 2 aromatic rings. The molecule has 2 atom stereocenters. The highest BCUT2D eigenvalue weighted by molar-refractivity contribution is 7.98. The van der Waals surface area contributed by atoms with Crippen molar-refractivity contribution < 1.29 is 24.2 Å². The fourth-order valence-corrected chi connectivity index (χ4v) is 4.95. The Labute approximate surface area is 211 Å². The van der Waals surface area contributed by atoms with Crippen molar-refractivity contribution in [3.05, 3.63) is 59.7 Å². The maximum absolute atomic E-state index is 12.9. The van der Waals surface area contributed by atoms with Gasteiger partial charge >= 0.3 is 12.1 Å². The van der Waals surface area contributed by atoms with E-state index in [1.807, 2.05) is 37.4 Å². The van der Waals surface area contributed by atoms with E-state index in [4.69, 9.17) is 4.74 Å². The minimum absolute atomic E-state index is 0.0689. The van der Waals surface area contributed by atoms with Crippen molar-refractivity contribution in [3.8, 4) is 11.1 Å². The second kappa shape index (κ2) is 13.2. The molecule has 7 nitrogen and oxygen atoms in total. The molecule has 3 N–H and O–H groups in total. The molecule has 1 aliphatic carbocycles. The van der Waals surface area contributed by atoms with Crippen LogP contribution in [-0.2, 0) is 14.3 Å². The Balaban J connectivity index is 1.63. The van der Waals surface area contributed by atoms with Crippen LogP contribution in [0.3, 0.4) is 0 Å². The van der Waals surface area contributed by atoms with Crippen LogP contribution in [0.25, 0.3) is 11.1 Å². The molecule has 0 bridgehead atoms. The highest BCUT2D eigenvalue weighted by Gasteiger charge is 2.30. The Morgan fingerprint density at radius 1 is 1.00 bits per heavy atom. The summed E-state index contributed by atoms with van der Waals surface area (Å²) in [6, 6.07) is 14.9. The highest BCUT2D eigenvalue weighted by atomic mass is 32.2. The topological polar surface area (TPSA) is 105 Å². The summed E-state index contributed by atoms with van der Waals surface area (Å²) < 4.78 is 5.60. The lowest BCUT2D eigenvalue weighted by atomic mass is 9.98. The number of ether oxygens (including phenoxy) is 1. The lowest BCUT2D eigenvalue weighted by Crippen LogP contribution is -2.50. The summed E-state index contributed by atoms with van der Waals surface area (Å²) in [5.74, 6) is -0.743. The van der Waals surface area contributed by atoms with Crippen LogP contribution in [-0.4, -0.2) is 53.8 Å². The number of nitrogens with one attached hydrogen (secondary N) is 2. The molecule has 2 aromatic carbocycles. The van der Waals surface area contributed by atoms with E-state index in [2.05, 4.69) is 34.9 Å². The summed E-state index contributed by atoms with van der Waals surface area (Å²) in [6.45, 7) is 2.18. The number of aliphatic carboxylic acids is 1. The van der Waals surface area contributed by atoms with Crippen LogP contribution in [0.4, 0.5) is 4.79 Å². The first-order chi connectivity index (χ1) is 16.9. The molecule has 188 valence electrons. The molecule has 1 aliphatic rings. The number of unbranched alkanes of at least 4 members (excludes halogenated alkanes) is 1. The summed E-state index contributed by atoms with van der Waals surface area (Å²) in [5.41, 5.74) is 4.52. The number of carboxylic acids is 1. The number of carbonyl (C=O) groups excluding carboxylic acids is 2. The molecule has 0 radical (unpaired) electrons.